The molecule has 3 atom stereocenters. The van der Waals surface area contributed by atoms with Crippen LogP contribution < -0.4 is 5.32 Å². The minimum atomic E-state index is -4.58. The van der Waals surface area contributed by atoms with Crippen LogP contribution in [0.1, 0.15) is 77.8 Å². The number of hydrogen-bond donors (Lipinski definition) is 1. The molecule has 41 heavy (non-hydrogen) atoms. The lowest BCUT2D eigenvalue weighted by Crippen LogP contribution is -2.53. The van der Waals surface area contributed by atoms with Crippen LogP contribution in [0, 0.1) is 11.3 Å². The third-order valence-corrected chi connectivity index (χ3v) is 8.45. The maximum absolute atomic E-state index is 14.1. The topological polar surface area (TPSA) is 61.9 Å². The van der Waals surface area contributed by atoms with Gasteiger partial charge in [-0.25, -0.2) is 4.39 Å². The maximum Gasteiger partial charge on any atom is 0.416 e. The third-order valence-electron chi connectivity index (χ3n) is 8.10. The van der Waals surface area contributed by atoms with E-state index in [2.05, 4.69) is 10.2 Å². The van der Waals surface area contributed by atoms with Crippen molar-refractivity contribution in [1.82, 2.24) is 15.1 Å². The molecule has 2 saturated heterocycles. The Labute approximate surface area is 246 Å². The van der Waals surface area contributed by atoms with Gasteiger partial charge in [0.25, 0.3) is 0 Å². The molecule has 1 aromatic carbocycles. The molecule has 1 N–H and O–H groups in total. The molecule has 1 amide bonds. The van der Waals surface area contributed by atoms with Crippen molar-refractivity contribution < 1.29 is 31.9 Å². The fraction of sp³-hybridized carbons (Fsp3) is 0.733. The Bertz CT molecular complexity index is 1060. The Morgan fingerprint density at radius 3 is 2.41 bits per heavy atom. The quantitative estimate of drug-likeness (QED) is 0.252. The SMILES string of the molecule is CCCC(F)CN1CCC(NC(=O)C2(CC(=O)OC(C)(C)C)CN(Cc3c(Cl)cccc3C(F)(F)F)CC2C)CC1. The van der Waals surface area contributed by atoms with Gasteiger partial charge in [-0.3, -0.25) is 14.5 Å². The lowest BCUT2D eigenvalue weighted by Gasteiger charge is -2.37. The summed E-state index contributed by atoms with van der Waals surface area (Å²) in [6.07, 6.45) is -3.02. The number of amides is 1. The molecular formula is C30H44ClF4N3O3. The number of halogens is 5. The predicted molar refractivity (Wildman–Crippen MR) is 151 cm³/mol. The molecule has 1 aromatic rings. The van der Waals surface area contributed by atoms with E-state index in [-0.39, 0.29) is 48.0 Å². The molecule has 3 rings (SSSR count). The van der Waals surface area contributed by atoms with Gasteiger partial charge in [0.1, 0.15) is 11.8 Å². The van der Waals surface area contributed by atoms with E-state index in [1.165, 1.54) is 12.1 Å². The van der Waals surface area contributed by atoms with Crippen LogP contribution in [0.5, 0.6) is 0 Å². The molecule has 0 bridgehead atoms. The third kappa shape index (κ3) is 9.04. The van der Waals surface area contributed by atoms with E-state index >= 15 is 0 Å². The second kappa shape index (κ2) is 13.6. The monoisotopic (exact) mass is 605 g/mol. The number of rotatable bonds is 10. The Morgan fingerprint density at radius 1 is 1.17 bits per heavy atom. The normalized spacial score (nSPS) is 23.9. The molecule has 0 saturated carbocycles. The second-order valence-corrected chi connectivity index (χ2v) is 13.1. The van der Waals surface area contributed by atoms with Gasteiger partial charge in [0.2, 0.25) is 5.91 Å². The van der Waals surface area contributed by atoms with Gasteiger partial charge in [0.05, 0.1) is 17.4 Å². The Balaban J connectivity index is 1.78. The minimum absolute atomic E-state index is 0.00258. The molecule has 6 nitrogen and oxygen atoms in total. The smallest absolute Gasteiger partial charge is 0.416 e. The van der Waals surface area contributed by atoms with Crippen LogP contribution in [-0.2, 0) is 27.0 Å². The van der Waals surface area contributed by atoms with Gasteiger partial charge < -0.3 is 15.0 Å². The van der Waals surface area contributed by atoms with E-state index in [1.807, 2.05) is 13.8 Å². The van der Waals surface area contributed by atoms with Crippen molar-refractivity contribution in [2.75, 3.05) is 32.7 Å². The first-order valence-electron chi connectivity index (χ1n) is 14.5. The number of likely N-dealkylation sites (tertiary alicyclic amines) is 2. The Morgan fingerprint density at radius 2 is 1.83 bits per heavy atom. The zero-order valence-corrected chi connectivity index (χ0v) is 25.5. The first-order valence-corrected chi connectivity index (χ1v) is 14.9. The standard InChI is InChI=1S/C30H44ClF4N3O3/c1-6-8-21(32)17-37-13-11-22(12-14-37)36-27(40)29(15-26(39)41-28(3,4)5)19-38(16-20(29)2)18-23-24(30(33,34)35)9-7-10-25(23)31/h7,9-10,20-22H,6,8,11-19H2,1-5H3,(H,36,40). The zero-order chi connectivity index (χ0) is 30.6. The molecule has 2 aliphatic heterocycles. The average Bonchev–Trinajstić information content (AvgIpc) is 3.15. The van der Waals surface area contributed by atoms with Gasteiger partial charge in [0, 0.05) is 50.3 Å². The summed E-state index contributed by atoms with van der Waals surface area (Å²) in [5.74, 6) is -1.18. The molecule has 2 fully saturated rings. The van der Waals surface area contributed by atoms with Crippen molar-refractivity contribution in [3.8, 4) is 0 Å². The molecule has 3 unspecified atom stereocenters. The van der Waals surface area contributed by atoms with Gasteiger partial charge in [0.15, 0.2) is 0 Å². The number of piperidine rings is 1. The van der Waals surface area contributed by atoms with Crippen LogP contribution in [0.3, 0.4) is 0 Å². The maximum atomic E-state index is 14.1. The first kappa shape index (κ1) is 33.6. The number of esters is 1. The number of ether oxygens (including phenoxy) is 1. The van der Waals surface area contributed by atoms with Crippen LogP contribution >= 0.6 is 11.6 Å². The molecular weight excluding hydrogens is 562 g/mol. The zero-order valence-electron chi connectivity index (χ0n) is 24.8. The highest BCUT2D eigenvalue weighted by atomic mass is 35.5. The summed E-state index contributed by atoms with van der Waals surface area (Å²) >= 11 is 6.22. The van der Waals surface area contributed by atoms with Crippen molar-refractivity contribution in [2.24, 2.45) is 11.3 Å². The first-order chi connectivity index (χ1) is 19.0. The van der Waals surface area contributed by atoms with Crippen molar-refractivity contribution in [2.45, 2.75) is 97.3 Å². The van der Waals surface area contributed by atoms with E-state index in [4.69, 9.17) is 16.3 Å². The van der Waals surface area contributed by atoms with Gasteiger partial charge in [-0.15, -0.1) is 0 Å². The van der Waals surface area contributed by atoms with E-state index < -0.39 is 34.9 Å². The molecule has 2 heterocycles. The molecule has 11 heteroatoms. The number of nitrogens with zero attached hydrogens (tertiary/aromatic N) is 2. The Kier molecular flexibility index (Phi) is 11.1. The summed E-state index contributed by atoms with van der Waals surface area (Å²) in [5.41, 5.74) is -2.81. The lowest BCUT2D eigenvalue weighted by atomic mass is 9.75. The van der Waals surface area contributed by atoms with Crippen LogP contribution in [0.25, 0.3) is 0 Å². The summed E-state index contributed by atoms with van der Waals surface area (Å²) < 4.78 is 61.0. The van der Waals surface area contributed by atoms with Crippen LogP contribution in [0.2, 0.25) is 5.02 Å². The lowest BCUT2D eigenvalue weighted by molar-refractivity contribution is -0.161. The van der Waals surface area contributed by atoms with Crippen LogP contribution in [-0.4, -0.2) is 72.2 Å². The van der Waals surface area contributed by atoms with Crippen LogP contribution in [0.15, 0.2) is 18.2 Å². The number of benzene rings is 1. The summed E-state index contributed by atoms with van der Waals surface area (Å²) in [7, 11) is 0. The fourth-order valence-electron chi connectivity index (χ4n) is 6.03. The van der Waals surface area contributed by atoms with Crippen molar-refractivity contribution in [1.29, 1.82) is 0 Å². The number of hydrogen-bond acceptors (Lipinski definition) is 5. The predicted octanol–water partition coefficient (Wildman–Crippen LogP) is 6.25. The van der Waals surface area contributed by atoms with Crippen molar-refractivity contribution in [3.05, 3.63) is 34.3 Å². The molecule has 0 radical (unpaired) electrons. The van der Waals surface area contributed by atoms with Gasteiger partial charge >= 0.3 is 12.1 Å². The van der Waals surface area contributed by atoms with E-state index in [1.54, 1.807) is 25.7 Å². The highest BCUT2D eigenvalue weighted by Crippen LogP contribution is 2.43. The summed E-state index contributed by atoms with van der Waals surface area (Å²) in [5, 5.41) is 3.13. The second-order valence-electron chi connectivity index (χ2n) is 12.7. The van der Waals surface area contributed by atoms with Gasteiger partial charge in [-0.05, 0) is 63.6 Å². The summed E-state index contributed by atoms with van der Waals surface area (Å²) in [6, 6.07) is 3.55. The summed E-state index contributed by atoms with van der Waals surface area (Å²) in [6.45, 7) is 11.0. The van der Waals surface area contributed by atoms with Gasteiger partial charge in [-0.1, -0.05) is 37.9 Å². The molecule has 2 aliphatic rings. The number of carbonyl (C=O) groups is 2. The van der Waals surface area contributed by atoms with Gasteiger partial charge in [-0.2, -0.15) is 13.2 Å². The minimum Gasteiger partial charge on any atom is -0.460 e. The van der Waals surface area contributed by atoms with Crippen LogP contribution in [0.4, 0.5) is 17.6 Å². The average molecular weight is 606 g/mol. The highest BCUT2D eigenvalue weighted by molar-refractivity contribution is 6.31. The molecule has 232 valence electrons. The fourth-order valence-corrected chi connectivity index (χ4v) is 6.26. The number of carbonyl (C=O) groups excluding carboxylic acids is 2. The highest BCUT2D eigenvalue weighted by Gasteiger charge is 2.52. The van der Waals surface area contributed by atoms with E-state index in [9.17, 15) is 27.2 Å². The molecule has 0 aliphatic carbocycles. The van der Waals surface area contributed by atoms with E-state index in [0.717, 1.165) is 12.5 Å². The summed E-state index contributed by atoms with van der Waals surface area (Å²) in [4.78, 5) is 30.8. The van der Waals surface area contributed by atoms with Crippen molar-refractivity contribution >= 4 is 23.5 Å². The number of nitrogens with one attached hydrogen (secondary N) is 1. The Hall–Kier alpha value is -1.91. The van der Waals surface area contributed by atoms with E-state index in [0.29, 0.717) is 45.4 Å². The largest absolute Gasteiger partial charge is 0.460 e. The molecule has 0 spiro atoms. The number of alkyl halides is 4. The molecule has 0 aromatic heterocycles. The van der Waals surface area contributed by atoms with Crippen molar-refractivity contribution in [3.63, 3.8) is 0 Å².